The number of piperidine rings is 2. The average Bonchev–Trinajstić information content (AvgIpc) is 3.45. The van der Waals surface area contributed by atoms with Crippen molar-refractivity contribution in [3.05, 3.63) is 101 Å². The Bertz CT molecular complexity index is 1540. The van der Waals surface area contributed by atoms with Crippen LogP contribution in [-0.2, 0) is 13.1 Å². The van der Waals surface area contributed by atoms with Crippen LogP contribution in [0.4, 0.5) is 0 Å². The fourth-order valence-corrected chi connectivity index (χ4v) is 5.99. The predicted molar refractivity (Wildman–Crippen MR) is 163 cm³/mol. The minimum Gasteiger partial charge on any atom is -0.490 e. The number of nitrogens with one attached hydrogen (secondary N) is 1. The molecule has 42 heavy (non-hydrogen) atoms. The molecule has 7 heteroatoms. The van der Waals surface area contributed by atoms with Crippen LogP contribution in [-0.4, -0.2) is 54.0 Å². The summed E-state index contributed by atoms with van der Waals surface area (Å²) in [6, 6.07) is 26.5. The van der Waals surface area contributed by atoms with Crippen molar-refractivity contribution >= 4 is 16.9 Å². The van der Waals surface area contributed by atoms with Crippen molar-refractivity contribution in [3.63, 3.8) is 0 Å². The lowest BCUT2D eigenvalue weighted by atomic mass is 10.0. The van der Waals surface area contributed by atoms with Gasteiger partial charge in [0.15, 0.2) is 5.76 Å². The Kier molecular flexibility index (Phi) is 8.55. The summed E-state index contributed by atoms with van der Waals surface area (Å²) in [4.78, 5) is 17.9. The van der Waals surface area contributed by atoms with E-state index < -0.39 is 0 Å². The van der Waals surface area contributed by atoms with E-state index in [1.165, 1.54) is 16.7 Å². The number of furan rings is 1. The van der Waals surface area contributed by atoms with Crippen molar-refractivity contribution in [2.45, 2.75) is 57.8 Å². The molecule has 2 aliphatic heterocycles. The molecule has 0 bridgehead atoms. The summed E-state index contributed by atoms with van der Waals surface area (Å²) in [5.74, 6) is 1.18. The molecule has 0 atom stereocenters. The highest BCUT2D eigenvalue weighted by Crippen LogP contribution is 2.25. The number of nitriles is 1. The number of benzene rings is 3. The molecule has 1 amide bonds. The third-order valence-corrected chi connectivity index (χ3v) is 8.48. The Morgan fingerprint density at radius 3 is 2.21 bits per heavy atom. The molecule has 0 saturated carbocycles. The third-order valence-electron chi connectivity index (χ3n) is 8.48. The number of aryl methyl sites for hydroxylation is 1. The lowest BCUT2D eigenvalue weighted by Crippen LogP contribution is -2.44. The van der Waals surface area contributed by atoms with Gasteiger partial charge in [-0.25, -0.2) is 0 Å². The summed E-state index contributed by atoms with van der Waals surface area (Å²) in [6.07, 6.45) is 4.09. The summed E-state index contributed by atoms with van der Waals surface area (Å²) in [6.45, 7) is 7.66. The highest BCUT2D eigenvalue weighted by molar-refractivity contribution is 5.96. The van der Waals surface area contributed by atoms with Gasteiger partial charge in [-0.1, -0.05) is 35.9 Å². The van der Waals surface area contributed by atoms with Gasteiger partial charge in [-0.3, -0.25) is 14.6 Å². The van der Waals surface area contributed by atoms with Gasteiger partial charge >= 0.3 is 0 Å². The molecule has 7 nitrogen and oxygen atoms in total. The predicted octanol–water partition coefficient (Wildman–Crippen LogP) is 6.05. The first-order chi connectivity index (χ1) is 20.5. The number of carbonyl (C=O) groups is 1. The molecule has 0 unspecified atom stereocenters. The second kappa shape index (κ2) is 12.8. The van der Waals surface area contributed by atoms with E-state index in [0.717, 1.165) is 81.7 Å². The van der Waals surface area contributed by atoms with Crippen LogP contribution in [0.2, 0.25) is 0 Å². The number of nitrogens with zero attached hydrogens (tertiary/aromatic N) is 3. The zero-order valence-corrected chi connectivity index (χ0v) is 24.2. The molecule has 3 aromatic carbocycles. The zero-order chi connectivity index (χ0) is 28.9. The molecule has 3 heterocycles. The first kappa shape index (κ1) is 28.0. The van der Waals surface area contributed by atoms with Crippen LogP contribution < -0.4 is 10.1 Å². The molecule has 1 N–H and O–H groups in total. The highest BCUT2D eigenvalue weighted by atomic mass is 16.5. The van der Waals surface area contributed by atoms with E-state index in [9.17, 15) is 4.79 Å². The van der Waals surface area contributed by atoms with Gasteiger partial charge in [-0.15, -0.1) is 0 Å². The minimum atomic E-state index is -0.144. The number of hydrogen-bond donors (Lipinski definition) is 1. The molecular weight excluding hydrogens is 524 g/mol. The Labute approximate surface area is 247 Å². The Morgan fingerprint density at radius 1 is 0.881 bits per heavy atom. The molecule has 0 spiro atoms. The number of rotatable bonds is 8. The number of fused-ring (bicyclic) bond motifs is 1. The molecule has 2 fully saturated rings. The van der Waals surface area contributed by atoms with Crippen molar-refractivity contribution in [1.82, 2.24) is 15.1 Å². The summed E-state index contributed by atoms with van der Waals surface area (Å²) >= 11 is 0. The first-order valence-electron chi connectivity index (χ1n) is 15.0. The van der Waals surface area contributed by atoms with Gasteiger partial charge in [-0.05, 0) is 86.2 Å². The van der Waals surface area contributed by atoms with Gasteiger partial charge in [0, 0.05) is 50.7 Å². The van der Waals surface area contributed by atoms with Crippen molar-refractivity contribution in [2.24, 2.45) is 0 Å². The van der Waals surface area contributed by atoms with Crippen LogP contribution in [0.1, 0.15) is 58.5 Å². The Hall–Kier alpha value is -4.12. The van der Waals surface area contributed by atoms with Crippen molar-refractivity contribution in [1.29, 1.82) is 5.26 Å². The van der Waals surface area contributed by atoms with Gasteiger partial charge < -0.3 is 14.5 Å². The van der Waals surface area contributed by atoms with E-state index in [1.807, 2.05) is 36.4 Å². The van der Waals surface area contributed by atoms with Crippen LogP contribution in [0.3, 0.4) is 0 Å². The van der Waals surface area contributed by atoms with E-state index in [0.29, 0.717) is 11.3 Å². The van der Waals surface area contributed by atoms with Crippen LogP contribution in [0.5, 0.6) is 5.75 Å². The van der Waals surface area contributed by atoms with Crippen LogP contribution in [0.15, 0.2) is 77.2 Å². The van der Waals surface area contributed by atoms with Crippen molar-refractivity contribution in [3.8, 4) is 11.8 Å². The standard InChI is InChI=1S/C35H38N4O3/c1-25-2-9-31(10-3-25)41-32-14-18-39(19-15-32)24-28-8-11-33-29(20-28)21-34(42-33)35(40)37-30-12-16-38(17-13-30)23-27-6-4-26(22-36)5-7-27/h2-11,20-21,30,32H,12-19,23-24H2,1H3,(H,37,40). The van der Waals surface area contributed by atoms with E-state index in [-0.39, 0.29) is 18.1 Å². The molecule has 2 saturated heterocycles. The quantitative estimate of drug-likeness (QED) is 0.282. The highest BCUT2D eigenvalue weighted by Gasteiger charge is 2.24. The summed E-state index contributed by atoms with van der Waals surface area (Å²) in [7, 11) is 0. The van der Waals surface area contributed by atoms with Crippen molar-refractivity contribution < 1.29 is 13.9 Å². The second-order valence-corrected chi connectivity index (χ2v) is 11.7. The molecule has 0 radical (unpaired) electrons. The number of carbonyl (C=O) groups excluding carboxylic acids is 1. The van der Waals surface area contributed by atoms with Gasteiger partial charge in [0.25, 0.3) is 5.91 Å². The number of amides is 1. The van der Waals surface area contributed by atoms with Crippen LogP contribution in [0.25, 0.3) is 11.0 Å². The first-order valence-corrected chi connectivity index (χ1v) is 15.0. The summed E-state index contributed by atoms with van der Waals surface area (Å²) < 4.78 is 12.1. The smallest absolute Gasteiger partial charge is 0.287 e. The summed E-state index contributed by atoms with van der Waals surface area (Å²) in [5, 5.41) is 13.1. The maximum Gasteiger partial charge on any atom is 0.287 e. The molecule has 6 rings (SSSR count). The molecular formula is C35H38N4O3. The molecule has 1 aromatic heterocycles. The molecule has 216 valence electrons. The number of likely N-dealkylation sites (tertiary alicyclic amines) is 2. The minimum absolute atomic E-state index is 0.136. The number of hydrogen-bond acceptors (Lipinski definition) is 6. The molecule has 0 aliphatic carbocycles. The maximum atomic E-state index is 13.0. The topological polar surface area (TPSA) is 81.7 Å². The average molecular weight is 563 g/mol. The lowest BCUT2D eigenvalue weighted by Gasteiger charge is -2.32. The lowest BCUT2D eigenvalue weighted by molar-refractivity contribution is 0.0883. The fourth-order valence-electron chi connectivity index (χ4n) is 5.99. The Morgan fingerprint density at radius 2 is 1.52 bits per heavy atom. The van der Waals surface area contributed by atoms with E-state index in [2.05, 4.69) is 64.5 Å². The Balaban J connectivity index is 0.968. The third kappa shape index (κ3) is 7.02. The van der Waals surface area contributed by atoms with E-state index >= 15 is 0 Å². The number of ether oxygens (including phenoxy) is 1. The largest absolute Gasteiger partial charge is 0.490 e. The maximum absolute atomic E-state index is 13.0. The van der Waals surface area contributed by atoms with Crippen LogP contribution in [0, 0.1) is 18.3 Å². The molecule has 2 aliphatic rings. The second-order valence-electron chi connectivity index (χ2n) is 11.7. The zero-order valence-electron chi connectivity index (χ0n) is 24.2. The van der Waals surface area contributed by atoms with Gasteiger partial charge in [0.05, 0.1) is 11.6 Å². The van der Waals surface area contributed by atoms with Crippen LogP contribution >= 0.6 is 0 Å². The molecule has 4 aromatic rings. The van der Waals surface area contributed by atoms with Gasteiger partial charge in [-0.2, -0.15) is 5.26 Å². The SMILES string of the molecule is Cc1ccc(OC2CCN(Cc3ccc4oc(C(=O)NC5CCN(Cc6ccc(C#N)cc6)CC5)cc4c3)CC2)cc1. The van der Waals surface area contributed by atoms with E-state index in [1.54, 1.807) is 0 Å². The fraction of sp³-hybridized carbons (Fsp3) is 0.371. The monoisotopic (exact) mass is 562 g/mol. The van der Waals surface area contributed by atoms with Gasteiger partial charge in [0.2, 0.25) is 0 Å². The van der Waals surface area contributed by atoms with Gasteiger partial charge in [0.1, 0.15) is 17.4 Å². The normalized spacial score (nSPS) is 17.2. The van der Waals surface area contributed by atoms with Crippen molar-refractivity contribution in [2.75, 3.05) is 26.2 Å². The summed E-state index contributed by atoms with van der Waals surface area (Å²) in [5.41, 5.74) is 5.10. The van der Waals surface area contributed by atoms with E-state index in [4.69, 9.17) is 14.4 Å².